The molecule has 1 aromatic carbocycles. The lowest BCUT2D eigenvalue weighted by Crippen LogP contribution is -2.16. The summed E-state index contributed by atoms with van der Waals surface area (Å²) in [4.78, 5) is 25.7. The van der Waals surface area contributed by atoms with Gasteiger partial charge in [0.25, 0.3) is 5.22 Å². The molecule has 3 rings (SSSR count). The summed E-state index contributed by atoms with van der Waals surface area (Å²) in [5.74, 6) is -0.589. The predicted molar refractivity (Wildman–Crippen MR) is 132 cm³/mol. The first-order valence-electron chi connectivity index (χ1n) is 10.3. The monoisotopic (exact) mass is 524 g/mol. The van der Waals surface area contributed by atoms with Crippen molar-refractivity contribution in [1.29, 1.82) is 0 Å². The van der Waals surface area contributed by atoms with Crippen molar-refractivity contribution < 1.29 is 27.2 Å². The van der Waals surface area contributed by atoms with Gasteiger partial charge < -0.3 is 14.5 Å². The topological polar surface area (TPSA) is 140 Å². The molecule has 2 heterocycles. The van der Waals surface area contributed by atoms with Gasteiger partial charge in [-0.15, -0.1) is 21.5 Å². The molecule has 2 N–H and O–H groups in total. The normalized spacial score (nSPS) is 11.3. The zero-order chi connectivity index (χ0) is 24.9. The summed E-state index contributed by atoms with van der Waals surface area (Å²) in [7, 11) is -3.36. The number of anilines is 2. The predicted octanol–water partition coefficient (Wildman–Crippen LogP) is 4.08. The summed E-state index contributed by atoms with van der Waals surface area (Å²) in [6, 6.07) is 6.50. The number of hydrogen-bond donors (Lipinski definition) is 2. The average Bonchev–Trinajstić information content (AvgIpc) is 3.37. The van der Waals surface area contributed by atoms with Crippen LogP contribution in [0.4, 0.5) is 10.7 Å². The van der Waals surface area contributed by atoms with E-state index in [-0.39, 0.29) is 35.1 Å². The molecule has 1 amide bonds. The van der Waals surface area contributed by atoms with Crippen LogP contribution in [0.3, 0.4) is 0 Å². The third-order valence-electron chi connectivity index (χ3n) is 4.64. The van der Waals surface area contributed by atoms with Crippen LogP contribution in [-0.4, -0.2) is 48.6 Å². The van der Waals surface area contributed by atoms with Gasteiger partial charge in [-0.05, 0) is 57.5 Å². The molecule has 0 unspecified atom stereocenters. The number of ether oxygens (including phenoxy) is 1. The Labute approximate surface area is 205 Å². The molecule has 0 aliphatic carbocycles. The van der Waals surface area contributed by atoms with Gasteiger partial charge in [0.1, 0.15) is 5.00 Å². The van der Waals surface area contributed by atoms with Crippen molar-refractivity contribution in [2.45, 2.75) is 32.9 Å². The molecule has 0 bridgehead atoms. The number of benzene rings is 1. The summed E-state index contributed by atoms with van der Waals surface area (Å²) in [5, 5.41) is 11.3. The number of thiophene rings is 1. The molecule has 3 aromatic rings. The fourth-order valence-corrected chi connectivity index (χ4v) is 5.04. The molecule has 0 aliphatic heterocycles. The van der Waals surface area contributed by atoms with Gasteiger partial charge >= 0.3 is 5.97 Å². The lowest BCUT2D eigenvalue weighted by Gasteiger charge is -2.06. The van der Waals surface area contributed by atoms with E-state index in [0.717, 1.165) is 22.2 Å². The van der Waals surface area contributed by atoms with Crippen LogP contribution in [0.15, 0.2) is 33.9 Å². The van der Waals surface area contributed by atoms with E-state index < -0.39 is 16.0 Å². The minimum absolute atomic E-state index is 0.00235. The van der Waals surface area contributed by atoms with Crippen LogP contribution in [-0.2, 0) is 19.6 Å². The SMILES string of the molecule is CCOC(=O)c1c(NC(=O)CSc2nnc(-c3ccc(NS(=O)(=O)CC)cc3)o2)sc(C)c1C. The second kappa shape index (κ2) is 11.0. The molecule has 34 heavy (non-hydrogen) atoms. The Bertz CT molecular complexity index is 1280. The number of aryl methyl sites for hydroxylation is 1. The third-order valence-corrected chi connectivity index (χ3v) is 7.88. The molecule has 0 aliphatic rings. The molecule has 0 atom stereocenters. The zero-order valence-corrected chi connectivity index (χ0v) is 21.4. The number of nitrogens with one attached hydrogen (secondary N) is 2. The maximum Gasteiger partial charge on any atom is 0.341 e. The number of esters is 1. The highest BCUT2D eigenvalue weighted by Gasteiger charge is 2.22. The molecule has 13 heteroatoms. The first-order valence-corrected chi connectivity index (χ1v) is 13.7. The van der Waals surface area contributed by atoms with E-state index in [4.69, 9.17) is 9.15 Å². The quantitative estimate of drug-likeness (QED) is 0.296. The van der Waals surface area contributed by atoms with Crippen molar-refractivity contribution in [1.82, 2.24) is 10.2 Å². The van der Waals surface area contributed by atoms with E-state index in [1.165, 1.54) is 11.3 Å². The Morgan fingerprint density at radius 3 is 2.50 bits per heavy atom. The maximum absolute atomic E-state index is 12.5. The molecule has 0 saturated heterocycles. The van der Waals surface area contributed by atoms with Gasteiger partial charge in [0, 0.05) is 16.1 Å². The maximum atomic E-state index is 12.5. The fraction of sp³-hybridized carbons (Fsp3) is 0.333. The molecule has 0 spiro atoms. The van der Waals surface area contributed by atoms with Crippen LogP contribution in [0.5, 0.6) is 0 Å². The van der Waals surface area contributed by atoms with Gasteiger partial charge in [-0.3, -0.25) is 9.52 Å². The Morgan fingerprint density at radius 2 is 1.85 bits per heavy atom. The van der Waals surface area contributed by atoms with Crippen LogP contribution < -0.4 is 10.0 Å². The van der Waals surface area contributed by atoms with Gasteiger partial charge in [0.15, 0.2) is 0 Å². The summed E-state index contributed by atoms with van der Waals surface area (Å²) >= 11 is 2.37. The first kappa shape index (κ1) is 25.7. The van der Waals surface area contributed by atoms with Crippen LogP contribution in [0.25, 0.3) is 11.5 Å². The Balaban J connectivity index is 1.61. The van der Waals surface area contributed by atoms with Gasteiger partial charge in [-0.1, -0.05) is 11.8 Å². The van der Waals surface area contributed by atoms with Crippen LogP contribution in [0, 0.1) is 13.8 Å². The Morgan fingerprint density at radius 1 is 1.15 bits per heavy atom. The Kier molecular flexibility index (Phi) is 8.33. The highest BCUT2D eigenvalue weighted by molar-refractivity contribution is 7.99. The third kappa shape index (κ3) is 6.36. The summed E-state index contributed by atoms with van der Waals surface area (Å²) < 4.78 is 36.5. The van der Waals surface area contributed by atoms with Gasteiger partial charge in [-0.2, -0.15) is 0 Å². The molecule has 0 fully saturated rings. The highest BCUT2D eigenvalue weighted by Crippen LogP contribution is 2.33. The van der Waals surface area contributed by atoms with Gasteiger partial charge in [-0.25, -0.2) is 13.2 Å². The van der Waals surface area contributed by atoms with Crippen LogP contribution in [0.2, 0.25) is 0 Å². The number of sulfonamides is 1. The van der Waals surface area contributed by atoms with Gasteiger partial charge in [0.05, 0.1) is 23.7 Å². The second-order valence-corrected chi connectivity index (χ2v) is 11.2. The number of thioether (sulfide) groups is 1. The fourth-order valence-electron chi connectivity index (χ4n) is 2.77. The average molecular weight is 525 g/mol. The van der Waals surface area contributed by atoms with E-state index in [1.807, 2.05) is 13.8 Å². The highest BCUT2D eigenvalue weighted by atomic mass is 32.2. The first-order chi connectivity index (χ1) is 16.1. The number of hydrogen-bond acceptors (Lipinski definition) is 10. The van der Waals surface area contributed by atoms with E-state index in [2.05, 4.69) is 20.2 Å². The minimum atomic E-state index is -3.36. The summed E-state index contributed by atoms with van der Waals surface area (Å²) in [6.07, 6.45) is 0. The Hall–Kier alpha value is -2.90. The number of nitrogens with zero attached hydrogens (tertiary/aromatic N) is 2. The van der Waals surface area contributed by atoms with E-state index in [9.17, 15) is 18.0 Å². The summed E-state index contributed by atoms with van der Waals surface area (Å²) in [6.45, 7) is 7.21. The molecular weight excluding hydrogens is 500 g/mol. The lowest BCUT2D eigenvalue weighted by atomic mass is 10.1. The number of rotatable bonds is 10. The molecular formula is C21H24N4O6S3. The van der Waals surface area contributed by atoms with Crippen LogP contribution >= 0.6 is 23.1 Å². The smallest absolute Gasteiger partial charge is 0.341 e. The molecule has 0 radical (unpaired) electrons. The van der Waals surface area contributed by atoms with Crippen molar-refractivity contribution in [2.75, 3.05) is 28.2 Å². The van der Waals surface area contributed by atoms with Gasteiger partial charge in [0.2, 0.25) is 21.8 Å². The van der Waals surface area contributed by atoms with Crippen molar-refractivity contribution in [3.05, 3.63) is 40.3 Å². The molecule has 182 valence electrons. The van der Waals surface area contributed by atoms with E-state index in [0.29, 0.717) is 21.8 Å². The molecule has 2 aromatic heterocycles. The number of aromatic nitrogens is 2. The van der Waals surface area contributed by atoms with Crippen molar-refractivity contribution >= 4 is 55.7 Å². The molecule has 0 saturated carbocycles. The van der Waals surface area contributed by atoms with E-state index in [1.54, 1.807) is 38.1 Å². The summed E-state index contributed by atoms with van der Waals surface area (Å²) in [5.41, 5.74) is 2.18. The number of carbonyl (C=O) groups excluding carboxylic acids is 2. The lowest BCUT2D eigenvalue weighted by molar-refractivity contribution is -0.113. The van der Waals surface area contributed by atoms with Crippen molar-refractivity contribution in [3.63, 3.8) is 0 Å². The standard InChI is InChI=1S/C21H24N4O6S3/c1-5-30-20(27)17-12(3)13(4)33-19(17)22-16(26)11-32-21-24-23-18(31-21)14-7-9-15(10-8-14)25-34(28,29)6-2/h7-10,25H,5-6,11H2,1-4H3,(H,22,26). The van der Waals surface area contributed by atoms with Crippen LogP contribution in [0.1, 0.15) is 34.6 Å². The zero-order valence-electron chi connectivity index (χ0n) is 19.0. The van der Waals surface area contributed by atoms with Crippen molar-refractivity contribution in [2.24, 2.45) is 0 Å². The van der Waals surface area contributed by atoms with E-state index >= 15 is 0 Å². The largest absolute Gasteiger partial charge is 0.462 e. The van der Waals surface area contributed by atoms with Crippen molar-refractivity contribution in [3.8, 4) is 11.5 Å². The molecule has 10 nitrogen and oxygen atoms in total. The number of amides is 1. The number of carbonyl (C=O) groups is 2. The minimum Gasteiger partial charge on any atom is -0.462 e. The second-order valence-electron chi connectivity index (χ2n) is 7.00.